The highest BCUT2D eigenvalue weighted by atomic mass is 32.2. The van der Waals surface area contributed by atoms with E-state index in [1.54, 1.807) is 0 Å². The van der Waals surface area contributed by atoms with Crippen molar-refractivity contribution >= 4 is 11.1 Å². The third-order valence-corrected chi connectivity index (χ3v) is 2.51. The number of hydrogen-bond donors (Lipinski definition) is 1. The second kappa shape index (κ2) is 4.15. The molecule has 1 atom stereocenters. The zero-order valence-electron chi connectivity index (χ0n) is 6.58. The molecular formula is C6H13N2O2S-. The second-order valence-electron chi connectivity index (χ2n) is 2.80. The van der Waals surface area contributed by atoms with Crippen molar-refractivity contribution in [3.8, 4) is 0 Å². The van der Waals surface area contributed by atoms with Gasteiger partial charge >= 0.3 is 0 Å². The number of nitrogens with zero attached hydrogens (tertiary/aromatic N) is 1. The summed E-state index contributed by atoms with van der Waals surface area (Å²) in [7, 11) is 1.96. The van der Waals surface area contributed by atoms with E-state index in [9.17, 15) is 8.76 Å². The summed E-state index contributed by atoms with van der Waals surface area (Å²) < 4.78 is 20.4. The molecule has 11 heavy (non-hydrogen) atoms. The molecule has 1 rings (SSSR count). The molecule has 66 valence electrons. The average molecular weight is 177 g/mol. The van der Waals surface area contributed by atoms with Crippen molar-refractivity contribution in [2.75, 3.05) is 32.4 Å². The van der Waals surface area contributed by atoms with Gasteiger partial charge in [0.15, 0.2) is 0 Å². The van der Waals surface area contributed by atoms with Crippen LogP contribution < -0.4 is 5.32 Å². The van der Waals surface area contributed by atoms with E-state index in [0.29, 0.717) is 12.6 Å². The van der Waals surface area contributed by atoms with Gasteiger partial charge in [-0.1, -0.05) is 11.1 Å². The van der Waals surface area contributed by atoms with Crippen molar-refractivity contribution in [2.45, 2.75) is 6.04 Å². The van der Waals surface area contributed by atoms with Gasteiger partial charge in [-0.05, 0) is 7.05 Å². The van der Waals surface area contributed by atoms with Crippen LogP contribution in [0.3, 0.4) is 0 Å². The van der Waals surface area contributed by atoms with Gasteiger partial charge in [0.05, 0.1) is 0 Å². The summed E-state index contributed by atoms with van der Waals surface area (Å²) in [6.07, 6.45) is 0. The topological polar surface area (TPSA) is 55.4 Å². The van der Waals surface area contributed by atoms with Crippen LogP contribution in [0.25, 0.3) is 0 Å². The fraction of sp³-hybridized carbons (Fsp3) is 1.00. The van der Waals surface area contributed by atoms with Gasteiger partial charge < -0.3 is 14.8 Å². The van der Waals surface area contributed by atoms with E-state index in [-0.39, 0.29) is 5.75 Å². The monoisotopic (exact) mass is 177 g/mol. The van der Waals surface area contributed by atoms with Gasteiger partial charge in [-0.3, -0.25) is 4.21 Å². The van der Waals surface area contributed by atoms with Crippen molar-refractivity contribution in [1.82, 2.24) is 10.2 Å². The van der Waals surface area contributed by atoms with Crippen LogP contribution in [0.15, 0.2) is 0 Å². The van der Waals surface area contributed by atoms with Crippen LogP contribution in [-0.2, 0) is 11.1 Å². The smallest absolute Gasteiger partial charge is 0.0342 e. The van der Waals surface area contributed by atoms with Crippen LogP contribution in [0.5, 0.6) is 0 Å². The molecule has 0 aromatic heterocycles. The molecule has 1 aliphatic heterocycles. The molecule has 5 heteroatoms. The van der Waals surface area contributed by atoms with Gasteiger partial charge in [-0.15, -0.1) is 0 Å². The summed E-state index contributed by atoms with van der Waals surface area (Å²) in [6, 6.07) is 0.540. The van der Waals surface area contributed by atoms with Crippen LogP contribution in [0, 0.1) is 0 Å². The summed E-state index contributed by atoms with van der Waals surface area (Å²) in [5, 5.41) is 3.13. The lowest BCUT2D eigenvalue weighted by Gasteiger charge is -2.35. The molecule has 0 amide bonds. The van der Waals surface area contributed by atoms with E-state index >= 15 is 0 Å². The molecule has 1 aliphatic rings. The molecule has 1 unspecified atom stereocenters. The van der Waals surface area contributed by atoms with Crippen molar-refractivity contribution in [2.24, 2.45) is 0 Å². The summed E-state index contributed by atoms with van der Waals surface area (Å²) in [4.78, 5) is 2.08. The lowest BCUT2D eigenvalue weighted by atomic mass is 10.1. The highest BCUT2D eigenvalue weighted by Gasteiger charge is 2.20. The Morgan fingerprint density at radius 3 is 2.73 bits per heavy atom. The molecule has 1 N–H and O–H groups in total. The Balaban J connectivity index is 2.09. The minimum atomic E-state index is -1.89. The van der Waals surface area contributed by atoms with Crippen molar-refractivity contribution in [1.29, 1.82) is 0 Å². The molecule has 0 saturated carbocycles. The summed E-state index contributed by atoms with van der Waals surface area (Å²) in [5.74, 6) is 0.243. The van der Waals surface area contributed by atoms with E-state index in [2.05, 4.69) is 10.2 Å². The van der Waals surface area contributed by atoms with Gasteiger partial charge in [-0.2, -0.15) is 0 Å². The Bertz CT molecular complexity index is 150. The van der Waals surface area contributed by atoms with Gasteiger partial charge in [0, 0.05) is 31.4 Å². The van der Waals surface area contributed by atoms with Crippen LogP contribution in [-0.4, -0.2) is 52.1 Å². The van der Waals surface area contributed by atoms with E-state index in [4.69, 9.17) is 0 Å². The Morgan fingerprint density at radius 1 is 1.73 bits per heavy atom. The van der Waals surface area contributed by atoms with Gasteiger partial charge in [0.2, 0.25) is 0 Å². The zero-order chi connectivity index (χ0) is 8.27. The quantitative estimate of drug-likeness (QED) is 0.546. The lowest BCUT2D eigenvalue weighted by molar-refractivity contribution is 0.189. The summed E-state index contributed by atoms with van der Waals surface area (Å²) in [6.45, 7) is 2.62. The van der Waals surface area contributed by atoms with Crippen molar-refractivity contribution < 1.29 is 8.76 Å². The maximum atomic E-state index is 10.2. The van der Waals surface area contributed by atoms with Crippen LogP contribution >= 0.6 is 0 Å². The van der Waals surface area contributed by atoms with E-state index < -0.39 is 11.1 Å². The molecule has 4 nitrogen and oxygen atoms in total. The molecular weight excluding hydrogens is 164 g/mol. The van der Waals surface area contributed by atoms with Crippen molar-refractivity contribution in [3.05, 3.63) is 0 Å². The highest BCUT2D eigenvalue weighted by Crippen LogP contribution is 2.00. The number of hydrogen-bond acceptors (Lipinski definition) is 4. The molecule has 0 aliphatic carbocycles. The molecule has 1 fully saturated rings. The fourth-order valence-electron chi connectivity index (χ4n) is 0.986. The third-order valence-electron chi connectivity index (χ3n) is 1.99. The average Bonchev–Trinajstić information content (AvgIpc) is 1.79. The van der Waals surface area contributed by atoms with Crippen LogP contribution in [0.1, 0.15) is 0 Å². The lowest BCUT2D eigenvalue weighted by Crippen LogP contribution is -2.56. The number of likely N-dealkylation sites (N-methyl/N-ethyl adjacent to an activating group) is 1. The fourth-order valence-corrected chi connectivity index (χ4v) is 1.42. The molecule has 0 aromatic rings. The van der Waals surface area contributed by atoms with E-state index in [1.165, 1.54) is 0 Å². The SMILES string of the molecule is CN(CCS(=O)[O-])C1CNC1. The molecule has 0 radical (unpaired) electrons. The van der Waals surface area contributed by atoms with Gasteiger partial charge in [0.25, 0.3) is 0 Å². The zero-order valence-corrected chi connectivity index (χ0v) is 7.39. The highest BCUT2D eigenvalue weighted by molar-refractivity contribution is 7.79. The Hall–Kier alpha value is 0.0300. The minimum absolute atomic E-state index is 0.243. The first-order valence-corrected chi connectivity index (χ1v) is 4.91. The molecule has 0 spiro atoms. The predicted molar refractivity (Wildman–Crippen MR) is 43.1 cm³/mol. The molecule has 0 bridgehead atoms. The largest absolute Gasteiger partial charge is 0.772 e. The Kier molecular flexibility index (Phi) is 3.45. The molecule has 0 aromatic carbocycles. The molecule has 1 saturated heterocycles. The summed E-state index contributed by atoms with van der Waals surface area (Å²) >= 11 is -1.89. The molecule has 1 heterocycles. The van der Waals surface area contributed by atoms with Crippen molar-refractivity contribution in [3.63, 3.8) is 0 Å². The standard InChI is InChI=1S/C6H14N2O2S/c1-8(2-3-11(9)10)6-4-7-5-6/h6-7H,2-5H2,1H3,(H,9,10)/p-1. The maximum Gasteiger partial charge on any atom is 0.0342 e. The first kappa shape index (κ1) is 9.12. The third kappa shape index (κ3) is 2.86. The Morgan fingerprint density at radius 2 is 2.36 bits per heavy atom. The predicted octanol–water partition coefficient (Wildman–Crippen LogP) is -1.23. The first-order chi connectivity index (χ1) is 5.20. The maximum absolute atomic E-state index is 10.2. The van der Waals surface area contributed by atoms with Gasteiger partial charge in [0.1, 0.15) is 0 Å². The number of rotatable bonds is 4. The minimum Gasteiger partial charge on any atom is -0.772 e. The van der Waals surface area contributed by atoms with Crippen LogP contribution in [0.2, 0.25) is 0 Å². The van der Waals surface area contributed by atoms with Gasteiger partial charge in [-0.25, -0.2) is 0 Å². The number of nitrogens with one attached hydrogen (secondary N) is 1. The Labute approximate surface area is 69.2 Å². The normalized spacial score (nSPS) is 21.7. The van der Waals surface area contributed by atoms with E-state index in [0.717, 1.165) is 13.1 Å². The van der Waals surface area contributed by atoms with Crippen LogP contribution in [0.4, 0.5) is 0 Å². The summed E-state index contributed by atoms with van der Waals surface area (Å²) in [5.41, 5.74) is 0. The first-order valence-electron chi connectivity index (χ1n) is 3.67. The van der Waals surface area contributed by atoms with E-state index in [1.807, 2.05) is 7.05 Å². The second-order valence-corrected chi connectivity index (χ2v) is 3.82.